The van der Waals surface area contributed by atoms with Gasteiger partial charge in [-0.1, -0.05) is 0 Å². The molecule has 1 rings (SSSR count). The van der Waals surface area contributed by atoms with Gasteiger partial charge in [0.25, 0.3) is 0 Å². The van der Waals surface area contributed by atoms with Gasteiger partial charge < -0.3 is 9.47 Å². The van der Waals surface area contributed by atoms with Crippen molar-refractivity contribution in [3.05, 3.63) is 55.8 Å². The molecule has 1 aromatic rings. The van der Waals surface area contributed by atoms with Crippen molar-refractivity contribution in [2.24, 2.45) is 0 Å². The van der Waals surface area contributed by atoms with Gasteiger partial charge in [0.2, 0.25) is 0 Å². The zero-order valence-electron chi connectivity index (χ0n) is 10.8. The molecule has 0 heterocycles. The summed E-state index contributed by atoms with van der Waals surface area (Å²) < 4.78 is 32.6. The van der Waals surface area contributed by atoms with Crippen LogP contribution < -0.4 is 18.9 Å². The van der Waals surface area contributed by atoms with Crippen LogP contribution in [-0.4, -0.2) is 14.2 Å². The predicted octanol–water partition coefficient (Wildman–Crippen LogP) is -1.33. The van der Waals surface area contributed by atoms with E-state index in [-0.39, 0.29) is 42.5 Å². The van der Waals surface area contributed by atoms with Crippen LogP contribution in [0.3, 0.4) is 0 Å². The summed E-state index contributed by atoms with van der Waals surface area (Å²) in [6.45, 7) is 13.5. The van der Waals surface area contributed by atoms with Crippen LogP contribution in [0.15, 0.2) is 24.3 Å². The average Bonchev–Trinajstić information content (AvgIpc) is 2.48. The molecule has 0 aliphatic heterocycles. The summed E-state index contributed by atoms with van der Waals surface area (Å²) in [6, 6.07) is 10.6. The van der Waals surface area contributed by atoms with Crippen LogP contribution in [0.2, 0.25) is 0 Å². The first-order valence-corrected chi connectivity index (χ1v) is 4.02. The first-order chi connectivity index (χ1) is 8.38. The third kappa shape index (κ3) is 17.5. The standard InChI is InChI=1S/C9H11O2.3CO.Cr.Li/c1-10-9(11-2)8-6-4-3-5-7-8;3*1-2;;/h3-6,9H,1-2H3;;;;;/q-1;;;;;+1. The van der Waals surface area contributed by atoms with Gasteiger partial charge in [-0.2, -0.15) is 30.3 Å². The second-order valence-corrected chi connectivity index (χ2v) is 2.12. The van der Waals surface area contributed by atoms with Crippen LogP contribution in [-0.2, 0) is 40.8 Å². The Hall–Kier alpha value is -0.510. The van der Waals surface area contributed by atoms with Crippen molar-refractivity contribution < 1.29 is 59.7 Å². The van der Waals surface area contributed by atoms with E-state index < -0.39 is 0 Å². The molecule has 7 heteroatoms. The summed E-state index contributed by atoms with van der Waals surface area (Å²) in [7, 11) is 3.21. The Morgan fingerprint density at radius 2 is 1.42 bits per heavy atom. The Bertz CT molecular complexity index is 295. The van der Waals surface area contributed by atoms with E-state index in [0.717, 1.165) is 5.56 Å². The quantitative estimate of drug-likeness (QED) is 0.300. The topological polar surface area (TPSA) is 78.2 Å². The van der Waals surface area contributed by atoms with Gasteiger partial charge in [-0.15, -0.1) is 5.56 Å². The van der Waals surface area contributed by atoms with E-state index in [9.17, 15) is 0 Å². The Kier molecular flexibility index (Phi) is 49.9. The molecule has 96 valence electrons. The van der Waals surface area contributed by atoms with Crippen molar-refractivity contribution in [2.45, 2.75) is 6.29 Å². The molecule has 0 spiro atoms. The number of hydrogen-bond donors (Lipinski definition) is 0. The molecule has 19 heavy (non-hydrogen) atoms. The molecule has 0 aliphatic carbocycles. The Balaban J connectivity index is -0.0000000724. The molecule has 5 nitrogen and oxygen atoms in total. The van der Waals surface area contributed by atoms with Crippen molar-refractivity contribution in [2.75, 3.05) is 14.2 Å². The zero-order valence-corrected chi connectivity index (χ0v) is 12.1. The maximum Gasteiger partial charge on any atom is 1.00 e. The molecule has 0 atom stereocenters. The van der Waals surface area contributed by atoms with Gasteiger partial charge in [-0.3, -0.25) is 0 Å². The normalized spacial score (nSPS) is 6.37. The predicted molar refractivity (Wildman–Crippen MR) is 53.8 cm³/mol. The van der Waals surface area contributed by atoms with E-state index >= 15 is 0 Å². The summed E-state index contributed by atoms with van der Waals surface area (Å²) >= 11 is 0. The van der Waals surface area contributed by atoms with E-state index in [4.69, 9.17) is 23.4 Å². The van der Waals surface area contributed by atoms with Gasteiger partial charge in [0, 0.05) is 31.6 Å². The third-order valence-corrected chi connectivity index (χ3v) is 1.42. The van der Waals surface area contributed by atoms with Crippen molar-refractivity contribution in [1.82, 2.24) is 0 Å². The zero-order chi connectivity index (χ0) is 14.1. The second-order valence-electron chi connectivity index (χ2n) is 2.12. The average molecular weight is 294 g/mol. The number of methoxy groups -OCH3 is 2. The second kappa shape index (κ2) is 30.5. The van der Waals surface area contributed by atoms with Crippen LogP contribution >= 0.6 is 0 Å². The summed E-state index contributed by atoms with van der Waals surface area (Å²) in [6.07, 6.45) is -0.295. The summed E-state index contributed by atoms with van der Waals surface area (Å²) in [4.78, 5) is 0. The number of ether oxygens (including phenoxy) is 2. The third-order valence-electron chi connectivity index (χ3n) is 1.42. The van der Waals surface area contributed by atoms with E-state index in [1.165, 1.54) is 0 Å². The maximum atomic E-state index is 7.50. The van der Waals surface area contributed by atoms with E-state index in [0.29, 0.717) is 0 Å². The van der Waals surface area contributed by atoms with Gasteiger partial charge in [0.15, 0.2) is 6.29 Å². The molecule has 0 bridgehead atoms. The molecule has 0 fully saturated rings. The fraction of sp³-hybridized carbons (Fsp3) is 0.250. The summed E-state index contributed by atoms with van der Waals surface area (Å²) in [5.41, 5.74) is 0.914. The van der Waals surface area contributed by atoms with Gasteiger partial charge in [0.1, 0.15) is 0 Å². The molecular formula is C12H11CrLiO5. The van der Waals surface area contributed by atoms with Crippen molar-refractivity contribution in [3.8, 4) is 0 Å². The van der Waals surface area contributed by atoms with Crippen molar-refractivity contribution in [3.63, 3.8) is 0 Å². The molecule has 0 aromatic heterocycles. The molecule has 0 saturated heterocycles. The fourth-order valence-electron chi connectivity index (χ4n) is 0.904. The largest absolute Gasteiger partial charge is 1.00 e. The molecule has 0 N–H and O–H groups in total. The molecule has 0 saturated carbocycles. The van der Waals surface area contributed by atoms with Gasteiger partial charge >= 0.3 is 52.8 Å². The van der Waals surface area contributed by atoms with Crippen LogP contribution in [0.4, 0.5) is 0 Å². The van der Waals surface area contributed by atoms with Crippen molar-refractivity contribution >= 4 is 0 Å². The Labute approximate surface area is 136 Å². The summed E-state index contributed by atoms with van der Waals surface area (Å²) in [5.74, 6) is 0. The molecule has 0 amide bonds. The molecule has 0 aliphatic rings. The first-order valence-electron chi connectivity index (χ1n) is 4.02. The van der Waals surface area contributed by atoms with Gasteiger partial charge in [-0.25, -0.2) is 0 Å². The first kappa shape index (κ1) is 31.1. The smallest absolute Gasteiger partial charge is 0 e. The van der Waals surface area contributed by atoms with Crippen LogP contribution in [0, 0.1) is 26.0 Å². The molecule has 0 unspecified atom stereocenters. The number of rotatable bonds is 3. The van der Waals surface area contributed by atoms with Gasteiger partial charge in [-0.05, 0) is 0 Å². The van der Waals surface area contributed by atoms with E-state index in [1.807, 2.05) is 24.3 Å². The van der Waals surface area contributed by atoms with Crippen LogP contribution in [0.1, 0.15) is 11.9 Å². The molecule has 1 aromatic carbocycles. The molecule has 0 radical (unpaired) electrons. The maximum absolute atomic E-state index is 7.50. The number of benzene rings is 1. The Morgan fingerprint density at radius 3 is 1.68 bits per heavy atom. The van der Waals surface area contributed by atoms with Gasteiger partial charge in [0.05, 0.1) is 0 Å². The van der Waals surface area contributed by atoms with E-state index in [2.05, 4.69) is 26.0 Å². The van der Waals surface area contributed by atoms with Crippen molar-refractivity contribution in [1.29, 1.82) is 0 Å². The minimum atomic E-state index is -0.295. The molecular weight excluding hydrogens is 283 g/mol. The fourth-order valence-corrected chi connectivity index (χ4v) is 0.904. The Morgan fingerprint density at radius 1 is 1.00 bits per heavy atom. The monoisotopic (exact) mass is 294 g/mol. The number of hydrogen-bond acceptors (Lipinski definition) is 2. The minimum Gasteiger partial charge on any atom is 0 e. The van der Waals surface area contributed by atoms with Crippen LogP contribution in [0.5, 0.6) is 0 Å². The SMILES string of the molecule is COC(OC)c1[c-]cccc1.[C-]#[O+].[C-]#[O+].[C-]#[O+].[Cr].[Li+]. The van der Waals surface area contributed by atoms with E-state index in [1.54, 1.807) is 14.2 Å². The summed E-state index contributed by atoms with van der Waals surface area (Å²) in [5, 5.41) is 0. The minimum absolute atomic E-state index is 0. The van der Waals surface area contributed by atoms with Crippen LogP contribution in [0.25, 0.3) is 0 Å².